The smallest absolute Gasteiger partial charge is 0.482 e. The molecule has 1 aromatic carbocycles. The normalized spacial score (nSPS) is 27.2. The number of amides is 2. The van der Waals surface area contributed by atoms with E-state index in [9.17, 15) is 14.4 Å². The van der Waals surface area contributed by atoms with Gasteiger partial charge in [0.1, 0.15) is 22.5 Å². The molecule has 3 aliphatic carbocycles. The third-order valence-electron chi connectivity index (χ3n) is 11.1. The monoisotopic (exact) mass is 683 g/mol. The first kappa shape index (κ1) is 37.4. The van der Waals surface area contributed by atoms with Gasteiger partial charge in [-0.05, 0) is 116 Å². The average Bonchev–Trinajstić information content (AvgIpc) is 3.36. The van der Waals surface area contributed by atoms with E-state index in [-0.39, 0.29) is 36.1 Å². The molecule has 2 heterocycles. The minimum atomic E-state index is -0.675. The summed E-state index contributed by atoms with van der Waals surface area (Å²) in [6, 6.07) is 5.55. The summed E-state index contributed by atoms with van der Waals surface area (Å²) < 4.78 is 30.5. The summed E-state index contributed by atoms with van der Waals surface area (Å²) in [6.45, 7) is 19.2. The van der Waals surface area contributed by atoms with Gasteiger partial charge in [0.2, 0.25) is 5.91 Å². The number of carbonyl (C=O) groups excluding carboxylic acids is 3. The summed E-state index contributed by atoms with van der Waals surface area (Å²) in [5, 5.41) is 3.26. The zero-order valence-electron chi connectivity index (χ0n) is 31.5. The van der Waals surface area contributed by atoms with Gasteiger partial charge in [-0.3, -0.25) is 9.69 Å². The number of hydrogen-bond acceptors (Lipinski definition) is 9. The van der Waals surface area contributed by atoms with Crippen LogP contribution in [0, 0.1) is 17.3 Å². The van der Waals surface area contributed by atoms with Gasteiger partial charge >= 0.3 is 19.2 Å². The molecule has 272 valence electrons. The minimum absolute atomic E-state index is 0.0542. The van der Waals surface area contributed by atoms with Crippen LogP contribution in [0.15, 0.2) is 18.2 Å². The molecule has 5 aliphatic rings. The van der Waals surface area contributed by atoms with Crippen molar-refractivity contribution in [2.24, 2.45) is 17.3 Å². The van der Waals surface area contributed by atoms with Crippen LogP contribution < -0.4 is 10.1 Å². The third-order valence-corrected chi connectivity index (χ3v) is 11.1. The average molecular weight is 684 g/mol. The molecule has 1 N–H and O–H groups in total. The molecule has 1 aromatic rings. The Bertz CT molecular complexity index is 1400. The van der Waals surface area contributed by atoms with Gasteiger partial charge in [0, 0.05) is 19.1 Å². The fraction of sp³-hybridized carbons (Fsp3) is 0.757. The fourth-order valence-corrected chi connectivity index (χ4v) is 8.43. The number of rotatable bonds is 9. The summed E-state index contributed by atoms with van der Waals surface area (Å²) in [5.74, 6) is 0.205. The fourth-order valence-electron chi connectivity index (χ4n) is 8.43. The zero-order valence-corrected chi connectivity index (χ0v) is 31.5. The van der Waals surface area contributed by atoms with Crippen molar-refractivity contribution in [1.29, 1.82) is 0 Å². The van der Waals surface area contributed by atoms with Gasteiger partial charge in [0.15, 0.2) is 0 Å². The molecule has 6 rings (SSSR count). The Morgan fingerprint density at radius 2 is 1.69 bits per heavy atom. The van der Waals surface area contributed by atoms with Gasteiger partial charge in [-0.25, -0.2) is 9.59 Å². The van der Waals surface area contributed by atoms with Crippen LogP contribution in [0.1, 0.15) is 104 Å². The van der Waals surface area contributed by atoms with Crippen LogP contribution >= 0.6 is 0 Å². The van der Waals surface area contributed by atoms with Crippen molar-refractivity contribution in [3.63, 3.8) is 0 Å². The Hall–Kier alpha value is -2.83. The summed E-state index contributed by atoms with van der Waals surface area (Å²) >= 11 is 0. The molecule has 12 heteroatoms. The van der Waals surface area contributed by atoms with Gasteiger partial charge in [-0.15, -0.1) is 0 Å². The maximum Gasteiger partial charge on any atom is 0.482 e. The van der Waals surface area contributed by atoms with Crippen molar-refractivity contribution < 1.29 is 37.9 Å². The molecular weight excluding hydrogens is 625 g/mol. The topological polar surface area (TPSA) is 116 Å². The van der Waals surface area contributed by atoms with Gasteiger partial charge in [0.25, 0.3) is 0 Å². The van der Waals surface area contributed by atoms with E-state index in [0.717, 1.165) is 31.2 Å². The van der Waals surface area contributed by atoms with E-state index in [4.69, 9.17) is 23.5 Å². The molecule has 49 heavy (non-hydrogen) atoms. The number of nitrogens with zero attached hydrogens (tertiary/aromatic N) is 2. The first-order valence-corrected chi connectivity index (χ1v) is 17.9. The van der Waals surface area contributed by atoms with Crippen LogP contribution in [0.5, 0.6) is 5.75 Å². The number of hydrogen-bond donors (Lipinski definition) is 1. The van der Waals surface area contributed by atoms with Crippen LogP contribution in [-0.2, 0) is 30.0 Å². The van der Waals surface area contributed by atoms with Crippen LogP contribution in [0.2, 0.25) is 0 Å². The summed E-state index contributed by atoms with van der Waals surface area (Å²) in [7, 11) is 2.81. The number of methoxy groups -OCH3 is 1. The summed E-state index contributed by atoms with van der Waals surface area (Å²) in [6.07, 6.45) is 3.51. The van der Waals surface area contributed by atoms with Crippen molar-refractivity contribution in [3.8, 4) is 5.75 Å². The molecule has 0 radical (unpaired) electrons. The quantitative estimate of drug-likeness (QED) is 0.274. The summed E-state index contributed by atoms with van der Waals surface area (Å²) in [5.41, 5.74) is -0.412. The van der Waals surface area contributed by atoms with Gasteiger partial charge in [-0.1, -0.05) is 26.0 Å². The zero-order chi connectivity index (χ0) is 36.1. The SMILES string of the molecule is COc1c(CC(NC(=O)CN(C)C2CCN(C(=O)OC(C)(C)C)CC2)B2OC3CC4CC(C4(C)C)C3(C)O2)cccc1C(=O)OC(C)(C)C. The first-order valence-electron chi connectivity index (χ1n) is 17.9. The maximum absolute atomic E-state index is 13.8. The molecule has 2 saturated heterocycles. The molecule has 2 aliphatic heterocycles. The van der Waals surface area contributed by atoms with Crippen LogP contribution in [0.4, 0.5) is 4.79 Å². The minimum Gasteiger partial charge on any atom is -0.496 e. The van der Waals surface area contributed by atoms with E-state index in [0.29, 0.717) is 42.7 Å². The number of para-hydroxylation sites is 1. The number of benzene rings is 1. The highest BCUT2D eigenvalue weighted by atomic mass is 16.7. The van der Waals surface area contributed by atoms with E-state index >= 15 is 0 Å². The van der Waals surface area contributed by atoms with Crippen molar-refractivity contribution in [3.05, 3.63) is 29.3 Å². The van der Waals surface area contributed by atoms with Crippen molar-refractivity contribution in [1.82, 2.24) is 15.1 Å². The molecule has 5 fully saturated rings. The lowest BCUT2D eigenvalue weighted by atomic mass is 9.43. The first-order chi connectivity index (χ1) is 22.7. The molecule has 11 nitrogen and oxygen atoms in total. The van der Waals surface area contributed by atoms with E-state index in [1.54, 1.807) is 11.0 Å². The van der Waals surface area contributed by atoms with E-state index in [1.165, 1.54) is 7.11 Å². The molecule has 2 amide bonds. The standard InChI is InChI=1S/C37H58BN3O8/c1-34(2,3)46-32(43)26-14-12-13-23(31(26)45-11)19-29(38-48-28-21-24-20-27(36(24,7)8)37(28,9)49-38)39-30(42)22-40(10)25-15-17-41(18-16-25)33(44)47-35(4,5)6/h12-14,24-25,27-29H,15-22H2,1-11H3,(H,39,42). The molecule has 2 bridgehead atoms. The lowest BCUT2D eigenvalue weighted by Gasteiger charge is -2.64. The highest BCUT2D eigenvalue weighted by Gasteiger charge is 2.68. The predicted octanol–water partition coefficient (Wildman–Crippen LogP) is 5.28. The number of carbonyl (C=O) groups is 3. The number of likely N-dealkylation sites (N-methyl/N-ethyl adjacent to an activating group) is 1. The third kappa shape index (κ3) is 8.07. The molecule has 0 spiro atoms. The Morgan fingerprint density at radius 1 is 1.04 bits per heavy atom. The number of likely N-dealkylation sites (tertiary alicyclic amines) is 1. The Kier molecular flexibility index (Phi) is 10.5. The van der Waals surface area contributed by atoms with E-state index in [1.807, 2.05) is 60.7 Å². The molecule has 5 unspecified atom stereocenters. The Labute approximate surface area is 293 Å². The number of piperidine rings is 1. The van der Waals surface area contributed by atoms with Crippen molar-refractivity contribution in [2.45, 2.75) is 129 Å². The molecule has 5 atom stereocenters. The number of nitrogens with one attached hydrogen (secondary N) is 1. The lowest BCUT2D eigenvalue weighted by Crippen LogP contribution is -2.65. The number of esters is 1. The van der Waals surface area contributed by atoms with Gasteiger partial charge < -0.3 is 33.7 Å². The lowest BCUT2D eigenvalue weighted by molar-refractivity contribution is -0.199. The largest absolute Gasteiger partial charge is 0.496 e. The highest BCUT2D eigenvalue weighted by Crippen LogP contribution is 2.65. The van der Waals surface area contributed by atoms with Crippen LogP contribution in [0.25, 0.3) is 0 Å². The predicted molar refractivity (Wildman–Crippen MR) is 187 cm³/mol. The van der Waals surface area contributed by atoms with E-state index in [2.05, 4.69) is 31.0 Å². The Balaban J connectivity index is 1.31. The molecule has 0 aromatic heterocycles. The second-order valence-corrected chi connectivity index (χ2v) is 17.3. The van der Waals surface area contributed by atoms with Crippen molar-refractivity contribution in [2.75, 3.05) is 33.8 Å². The van der Waals surface area contributed by atoms with E-state index < -0.39 is 35.8 Å². The summed E-state index contributed by atoms with van der Waals surface area (Å²) in [4.78, 5) is 43.3. The Morgan fingerprint density at radius 3 is 2.29 bits per heavy atom. The molecule has 3 saturated carbocycles. The second-order valence-electron chi connectivity index (χ2n) is 17.3. The van der Waals surface area contributed by atoms with Crippen LogP contribution in [0.3, 0.4) is 0 Å². The van der Waals surface area contributed by atoms with Crippen molar-refractivity contribution >= 4 is 25.1 Å². The highest BCUT2D eigenvalue weighted by molar-refractivity contribution is 6.48. The van der Waals surface area contributed by atoms with Gasteiger partial charge in [0.05, 0.1) is 31.3 Å². The number of ether oxygens (including phenoxy) is 3. The van der Waals surface area contributed by atoms with Gasteiger partial charge in [-0.2, -0.15) is 0 Å². The second kappa shape index (κ2) is 13.7. The maximum atomic E-state index is 13.8. The molecular formula is C37H58BN3O8. The van der Waals surface area contributed by atoms with Crippen LogP contribution in [-0.4, -0.2) is 104 Å².